The Hall–Kier alpha value is -1.53. The van der Waals surface area contributed by atoms with Crippen molar-refractivity contribution in [2.75, 3.05) is 19.8 Å². The Labute approximate surface area is 411 Å². The first-order chi connectivity index (χ1) is 33.1. The van der Waals surface area contributed by atoms with E-state index in [1.807, 2.05) is 6.08 Å². The molecule has 2 saturated heterocycles. The molecular formula is C54H101NO13. The quantitative estimate of drug-likeness (QED) is 0.0208. The first kappa shape index (κ1) is 62.6. The van der Waals surface area contributed by atoms with Gasteiger partial charge in [0, 0.05) is 6.42 Å². The molecule has 2 rings (SSSR count). The minimum absolute atomic E-state index is 0.241. The summed E-state index contributed by atoms with van der Waals surface area (Å²) in [5, 5.41) is 86.9. The van der Waals surface area contributed by atoms with Gasteiger partial charge in [-0.25, -0.2) is 0 Å². The van der Waals surface area contributed by atoms with Crippen molar-refractivity contribution >= 4 is 5.91 Å². The number of nitrogens with one attached hydrogen (secondary N) is 1. The molecule has 68 heavy (non-hydrogen) atoms. The molecule has 0 aromatic rings. The van der Waals surface area contributed by atoms with Crippen LogP contribution in [-0.4, -0.2) is 140 Å². The molecule has 0 radical (unpaired) electrons. The molecule has 0 aliphatic carbocycles. The lowest BCUT2D eigenvalue weighted by molar-refractivity contribution is -0.359. The van der Waals surface area contributed by atoms with E-state index in [9.17, 15) is 45.6 Å². The van der Waals surface area contributed by atoms with Gasteiger partial charge in [0.05, 0.1) is 32.0 Å². The summed E-state index contributed by atoms with van der Waals surface area (Å²) in [4.78, 5) is 13.2. The average Bonchev–Trinajstić information content (AvgIpc) is 3.34. The summed E-state index contributed by atoms with van der Waals surface area (Å²) in [7, 11) is 0. The highest BCUT2D eigenvalue weighted by Crippen LogP contribution is 2.30. The third kappa shape index (κ3) is 27.3. The zero-order valence-electron chi connectivity index (χ0n) is 42.6. The molecule has 0 spiro atoms. The predicted octanol–water partition coefficient (Wildman–Crippen LogP) is 8.11. The predicted molar refractivity (Wildman–Crippen MR) is 268 cm³/mol. The summed E-state index contributed by atoms with van der Waals surface area (Å²) in [6, 6.07) is -0.912. The lowest BCUT2D eigenvalue weighted by Crippen LogP contribution is -2.65. The summed E-state index contributed by atoms with van der Waals surface area (Å²) in [6.07, 6.45) is 29.2. The van der Waals surface area contributed by atoms with Crippen LogP contribution in [0, 0.1) is 0 Å². The third-order valence-corrected chi connectivity index (χ3v) is 13.6. The van der Waals surface area contributed by atoms with Crippen molar-refractivity contribution in [1.82, 2.24) is 5.32 Å². The number of rotatable bonds is 43. The van der Waals surface area contributed by atoms with Gasteiger partial charge in [0.15, 0.2) is 12.6 Å². The maximum atomic E-state index is 13.2. The Morgan fingerprint density at radius 3 is 1.40 bits per heavy atom. The molecular weight excluding hydrogens is 871 g/mol. The van der Waals surface area contributed by atoms with Crippen LogP contribution in [0.5, 0.6) is 0 Å². The van der Waals surface area contributed by atoms with Crippen molar-refractivity contribution < 1.29 is 64.6 Å². The summed E-state index contributed by atoms with van der Waals surface area (Å²) < 4.78 is 22.7. The number of ether oxygens (including phenoxy) is 4. The van der Waals surface area contributed by atoms with Crippen molar-refractivity contribution in [3.8, 4) is 0 Å². The SMILES string of the molecule is CCCCCCCC/C=C\CCCCCCCCCCCC(=O)NC(COC1OC(CO)C(OC2OC(CO)C(O)C(O)C2O)C(O)C1O)C(O)/C=C/CCCCCCCCCCCCCCC. The Morgan fingerprint density at radius 2 is 0.926 bits per heavy atom. The fraction of sp³-hybridized carbons (Fsp3) is 0.907. The first-order valence-corrected chi connectivity index (χ1v) is 27.6. The standard InChI is InChI=1S/C54H101NO13/c1-3-5-7-9-11-13-15-17-19-20-21-22-24-26-28-30-32-34-36-38-46(59)55-42(43(58)37-35-33-31-29-27-25-23-18-16-14-12-10-8-6-4-2)41-65-53-51(64)49(62)52(45(40-57)67-53)68-54-50(63)48(61)47(60)44(39-56)66-54/h17,19,35,37,42-45,47-54,56-58,60-64H,3-16,18,20-34,36,38-41H2,1-2H3,(H,55,59)/b19-17-,37-35+. The van der Waals surface area contributed by atoms with Gasteiger partial charge in [-0.1, -0.05) is 192 Å². The molecule has 2 aliphatic rings. The molecule has 0 aromatic heterocycles. The second-order valence-corrected chi connectivity index (χ2v) is 19.7. The maximum absolute atomic E-state index is 13.2. The molecule has 2 heterocycles. The van der Waals surface area contributed by atoms with Crippen LogP contribution in [-0.2, 0) is 23.7 Å². The number of hydrogen-bond donors (Lipinski definition) is 9. The van der Waals surface area contributed by atoms with Gasteiger partial charge in [0.25, 0.3) is 0 Å². The first-order valence-electron chi connectivity index (χ1n) is 27.6. The van der Waals surface area contributed by atoms with Gasteiger partial charge in [-0.15, -0.1) is 0 Å². The van der Waals surface area contributed by atoms with Crippen LogP contribution in [0.15, 0.2) is 24.3 Å². The molecule has 2 aliphatic heterocycles. The number of aliphatic hydroxyl groups excluding tert-OH is 8. The molecule has 12 atom stereocenters. The number of carbonyl (C=O) groups is 1. The van der Waals surface area contributed by atoms with Gasteiger partial charge in [-0.2, -0.15) is 0 Å². The van der Waals surface area contributed by atoms with Crippen LogP contribution in [0.25, 0.3) is 0 Å². The molecule has 9 N–H and O–H groups in total. The van der Waals surface area contributed by atoms with E-state index in [1.54, 1.807) is 6.08 Å². The van der Waals surface area contributed by atoms with Crippen molar-refractivity contribution in [1.29, 1.82) is 0 Å². The van der Waals surface area contributed by atoms with Gasteiger partial charge < -0.3 is 65.1 Å². The Morgan fingerprint density at radius 1 is 0.515 bits per heavy atom. The van der Waals surface area contributed by atoms with E-state index in [-0.39, 0.29) is 18.9 Å². The van der Waals surface area contributed by atoms with Crippen molar-refractivity contribution in [3.05, 3.63) is 24.3 Å². The highest BCUT2D eigenvalue weighted by Gasteiger charge is 2.51. The molecule has 14 heteroatoms. The molecule has 0 bridgehead atoms. The summed E-state index contributed by atoms with van der Waals surface area (Å²) in [5.74, 6) is -0.241. The normalized spacial score (nSPS) is 26.5. The number of aliphatic hydroxyl groups is 8. The van der Waals surface area contributed by atoms with Crippen molar-refractivity contribution in [2.24, 2.45) is 0 Å². The van der Waals surface area contributed by atoms with E-state index in [1.165, 1.54) is 154 Å². The Balaban J connectivity index is 1.81. The molecule has 12 unspecified atom stereocenters. The van der Waals surface area contributed by atoms with E-state index in [2.05, 4.69) is 31.3 Å². The molecule has 1 amide bonds. The lowest BCUT2D eigenvalue weighted by atomic mass is 9.97. The van der Waals surface area contributed by atoms with Crippen LogP contribution >= 0.6 is 0 Å². The summed E-state index contributed by atoms with van der Waals surface area (Å²) in [6.45, 7) is 2.79. The average molecular weight is 972 g/mol. The van der Waals surface area contributed by atoms with E-state index in [0.717, 1.165) is 38.5 Å². The van der Waals surface area contributed by atoms with Crippen LogP contribution in [0.1, 0.15) is 219 Å². The van der Waals surface area contributed by atoms with Gasteiger partial charge in [0.2, 0.25) is 5.91 Å². The van der Waals surface area contributed by atoms with Gasteiger partial charge in [-0.3, -0.25) is 4.79 Å². The second-order valence-electron chi connectivity index (χ2n) is 19.7. The Kier molecular flexibility index (Phi) is 37.7. The highest BCUT2D eigenvalue weighted by molar-refractivity contribution is 5.76. The topological polar surface area (TPSA) is 228 Å². The number of carbonyl (C=O) groups excluding carboxylic acids is 1. The highest BCUT2D eigenvalue weighted by atomic mass is 16.7. The van der Waals surface area contributed by atoms with Crippen LogP contribution in [0.4, 0.5) is 0 Å². The zero-order chi connectivity index (χ0) is 49.6. The number of amides is 1. The van der Waals surface area contributed by atoms with Crippen molar-refractivity contribution in [3.63, 3.8) is 0 Å². The van der Waals surface area contributed by atoms with E-state index in [4.69, 9.17) is 18.9 Å². The van der Waals surface area contributed by atoms with E-state index in [0.29, 0.717) is 6.42 Å². The van der Waals surface area contributed by atoms with Crippen LogP contribution < -0.4 is 5.32 Å². The maximum Gasteiger partial charge on any atom is 0.220 e. The number of allylic oxidation sites excluding steroid dienone is 3. The molecule has 400 valence electrons. The second kappa shape index (κ2) is 41.0. The van der Waals surface area contributed by atoms with Crippen LogP contribution in [0.3, 0.4) is 0 Å². The van der Waals surface area contributed by atoms with Crippen molar-refractivity contribution in [2.45, 2.75) is 293 Å². The number of unbranched alkanes of at least 4 members (excludes halogenated alkanes) is 28. The smallest absolute Gasteiger partial charge is 0.220 e. The summed E-state index contributed by atoms with van der Waals surface area (Å²) in [5.41, 5.74) is 0. The van der Waals surface area contributed by atoms with Gasteiger partial charge in [-0.05, 0) is 44.9 Å². The van der Waals surface area contributed by atoms with Gasteiger partial charge in [0.1, 0.15) is 48.8 Å². The summed E-state index contributed by atoms with van der Waals surface area (Å²) >= 11 is 0. The molecule has 14 nitrogen and oxygen atoms in total. The number of hydrogen-bond acceptors (Lipinski definition) is 13. The fourth-order valence-electron chi connectivity index (χ4n) is 9.11. The Bertz CT molecular complexity index is 1240. The van der Waals surface area contributed by atoms with Gasteiger partial charge >= 0.3 is 0 Å². The molecule has 2 fully saturated rings. The largest absolute Gasteiger partial charge is 0.394 e. The molecule has 0 saturated carbocycles. The molecule has 0 aromatic carbocycles. The minimum Gasteiger partial charge on any atom is -0.394 e. The lowest BCUT2D eigenvalue weighted by Gasteiger charge is -2.46. The van der Waals surface area contributed by atoms with Crippen LogP contribution in [0.2, 0.25) is 0 Å². The van der Waals surface area contributed by atoms with E-state index >= 15 is 0 Å². The fourth-order valence-corrected chi connectivity index (χ4v) is 9.11. The third-order valence-electron chi connectivity index (χ3n) is 13.6. The van der Waals surface area contributed by atoms with E-state index < -0.39 is 86.8 Å². The minimum atomic E-state index is -1.79. The monoisotopic (exact) mass is 972 g/mol. The zero-order valence-corrected chi connectivity index (χ0v) is 42.6.